The third-order valence-electron chi connectivity index (χ3n) is 4.54. The lowest BCUT2D eigenvalue weighted by Gasteiger charge is -2.30. The van der Waals surface area contributed by atoms with Gasteiger partial charge in [0.25, 0.3) is 11.6 Å². The molecular formula is C19H20ClN3O4. The molecular weight excluding hydrogens is 370 g/mol. The first kappa shape index (κ1) is 19.0. The van der Waals surface area contributed by atoms with Crippen molar-refractivity contribution in [2.75, 3.05) is 30.4 Å². The Kier molecular flexibility index (Phi) is 5.81. The summed E-state index contributed by atoms with van der Waals surface area (Å²) in [7, 11) is 1.51. The smallest absolute Gasteiger partial charge is 0.270 e. The number of amides is 1. The minimum Gasteiger partial charge on any atom is -0.495 e. The lowest BCUT2D eigenvalue weighted by molar-refractivity contribution is -0.384. The fourth-order valence-electron chi connectivity index (χ4n) is 3.17. The molecule has 0 bridgehead atoms. The molecule has 1 N–H and O–H groups in total. The first-order valence-electron chi connectivity index (χ1n) is 8.68. The maximum atomic E-state index is 12.9. The number of hydrogen-bond acceptors (Lipinski definition) is 5. The van der Waals surface area contributed by atoms with Crippen LogP contribution in [0.2, 0.25) is 5.02 Å². The van der Waals surface area contributed by atoms with Gasteiger partial charge in [-0.3, -0.25) is 14.9 Å². The zero-order valence-corrected chi connectivity index (χ0v) is 15.7. The highest BCUT2D eigenvalue weighted by molar-refractivity contribution is 6.32. The van der Waals surface area contributed by atoms with Crippen molar-refractivity contribution in [2.24, 2.45) is 0 Å². The summed E-state index contributed by atoms with van der Waals surface area (Å²) >= 11 is 6.10. The fraction of sp³-hybridized carbons (Fsp3) is 0.316. The van der Waals surface area contributed by atoms with Crippen molar-refractivity contribution in [3.8, 4) is 5.75 Å². The molecule has 2 aromatic carbocycles. The van der Waals surface area contributed by atoms with Gasteiger partial charge in [-0.25, -0.2) is 0 Å². The molecule has 3 rings (SSSR count). The zero-order chi connectivity index (χ0) is 19.4. The van der Waals surface area contributed by atoms with Crippen LogP contribution in [0, 0.1) is 10.1 Å². The van der Waals surface area contributed by atoms with Gasteiger partial charge in [0.2, 0.25) is 0 Å². The molecule has 27 heavy (non-hydrogen) atoms. The summed E-state index contributed by atoms with van der Waals surface area (Å²) in [5, 5.41) is 14.3. The molecule has 1 aliphatic rings. The van der Waals surface area contributed by atoms with Crippen LogP contribution in [-0.4, -0.2) is 31.0 Å². The molecule has 0 unspecified atom stereocenters. The minimum atomic E-state index is -0.499. The van der Waals surface area contributed by atoms with E-state index in [4.69, 9.17) is 16.3 Å². The molecule has 0 spiro atoms. The molecule has 0 aromatic heterocycles. The molecule has 1 heterocycles. The second-order valence-electron chi connectivity index (χ2n) is 6.31. The van der Waals surface area contributed by atoms with Gasteiger partial charge < -0.3 is 15.0 Å². The first-order chi connectivity index (χ1) is 13.0. The summed E-state index contributed by atoms with van der Waals surface area (Å²) in [5.41, 5.74) is 1.35. The number of nitrogens with one attached hydrogen (secondary N) is 1. The van der Waals surface area contributed by atoms with Crippen LogP contribution in [0.5, 0.6) is 5.75 Å². The monoisotopic (exact) mass is 389 g/mol. The van der Waals surface area contributed by atoms with Gasteiger partial charge in [0.15, 0.2) is 0 Å². The number of nitro benzene ring substituents is 1. The highest BCUT2D eigenvalue weighted by Crippen LogP contribution is 2.30. The Hall–Kier alpha value is -2.80. The molecule has 1 amide bonds. The molecule has 1 fully saturated rings. The molecule has 142 valence electrons. The Balaban J connectivity index is 1.92. The highest BCUT2D eigenvalue weighted by Gasteiger charge is 2.22. The van der Waals surface area contributed by atoms with Gasteiger partial charge in [0, 0.05) is 30.9 Å². The van der Waals surface area contributed by atoms with Crippen molar-refractivity contribution in [3.05, 3.63) is 57.1 Å². The summed E-state index contributed by atoms with van der Waals surface area (Å²) in [6, 6.07) is 9.31. The largest absolute Gasteiger partial charge is 0.495 e. The Morgan fingerprint density at radius 1 is 1.19 bits per heavy atom. The summed E-state index contributed by atoms with van der Waals surface area (Å²) in [6.45, 7) is 1.65. The topological polar surface area (TPSA) is 84.7 Å². The van der Waals surface area contributed by atoms with Crippen molar-refractivity contribution in [2.45, 2.75) is 19.3 Å². The minimum absolute atomic E-state index is 0.117. The third kappa shape index (κ3) is 4.31. The molecule has 0 aliphatic carbocycles. The predicted octanol–water partition coefficient (Wildman–Crippen LogP) is 4.50. The van der Waals surface area contributed by atoms with Crippen molar-refractivity contribution in [3.63, 3.8) is 0 Å². The van der Waals surface area contributed by atoms with Crippen molar-refractivity contribution < 1.29 is 14.5 Å². The molecule has 7 nitrogen and oxygen atoms in total. The van der Waals surface area contributed by atoms with Crippen LogP contribution >= 0.6 is 11.6 Å². The number of rotatable bonds is 5. The fourth-order valence-corrected chi connectivity index (χ4v) is 3.43. The number of hydrogen-bond donors (Lipinski definition) is 1. The van der Waals surface area contributed by atoms with E-state index in [0.29, 0.717) is 22.1 Å². The van der Waals surface area contributed by atoms with Crippen molar-refractivity contribution in [1.29, 1.82) is 0 Å². The number of nitro groups is 1. The summed E-state index contributed by atoms with van der Waals surface area (Å²) < 4.78 is 5.10. The van der Waals surface area contributed by atoms with Gasteiger partial charge in [0.05, 0.1) is 28.3 Å². The van der Waals surface area contributed by atoms with Crippen LogP contribution in [0.25, 0.3) is 0 Å². The standard InChI is InChI=1S/C19H20ClN3O4/c1-27-18-8-5-13(11-16(18)20)21-19(24)15-12-14(23(25)26)6-7-17(15)22-9-3-2-4-10-22/h5-8,11-12H,2-4,9-10H2,1H3,(H,21,24). The maximum Gasteiger partial charge on any atom is 0.270 e. The van der Waals surface area contributed by atoms with Gasteiger partial charge in [-0.2, -0.15) is 0 Å². The van der Waals surface area contributed by atoms with Crippen LogP contribution in [0.3, 0.4) is 0 Å². The number of benzene rings is 2. The van der Waals surface area contributed by atoms with Crippen LogP contribution in [0.1, 0.15) is 29.6 Å². The normalized spacial score (nSPS) is 13.9. The molecule has 2 aromatic rings. The van der Waals surface area contributed by atoms with Gasteiger partial charge in [-0.05, 0) is 43.5 Å². The first-order valence-corrected chi connectivity index (χ1v) is 9.05. The molecule has 0 atom stereocenters. The zero-order valence-electron chi connectivity index (χ0n) is 14.9. The second-order valence-corrected chi connectivity index (χ2v) is 6.72. The van der Waals surface area contributed by atoms with E-state index in [1.807, 2.05) is 0 Å². The van der Waals surface area contributed by atoms with E-state index < -0.39 is 10.8 Å². The number of carbonyl (C=O) groups is 1. The number of carbonyl (C=O) groups excluding carboxylic acids is 1. The maximum absolute atomic E-state index is 12.9. The summed E-state index contributed by atoms with van der Waals surface area (Å²) in [4.78, 5) is 25.7. The lowest BCUT2D eigenvalue weighted by Crippen LogP contribution is -2.31. The Morgan fingerprint density at radius 2 is 1.93 bits per heavy atom. The van der Waals surface area contributed by atoms with E-state index in [9.17, 15) is 14.9 Å². The van der Waals surface area contributed by atoms with E-state index in [-0.39, 0.29) is 11.3 Å². The number of nitrogens with zero attached hydrogens (tertiary/aromatic N) is 2. The van der Waals surface area contributed by atoms with Gasteiger partial charge >= 0.3 is 0 Å². The Labute approximate surface area is 162 Å². The third-order valence-corrected chi connectivity index (χ3v) is 4.84. The average molecular weight is 390 g/mol. The van der Waals surface area contributed by atoms with E-state index >= 15 is 0 Å². The lowest BCUT2D eigenvalue weighted by atomic mass is 10.1. The number of non-ortho nitro benzene ring substituents is 1. The average Bonchev–Trinajstić information content (AvgIpc) is 2.68. The number of piperidine rings is 1. The number of halogens is 1. The molecule has 0 radical (unpaired) electrons. The van der Waals surface area contributed by atoms with E-state index in [0.717, 1.165) is 32.4 Å². The Bertz CT molecular complexity index is 866. The van der Waals surface area contributed by atoms with E-state index in [1.54, 1.807) is 24.3 Å². The molecule has 1 aliphatic heterocycles. The number of anilines is 2. The van der Waals surface area contributed by atoms with Crippen molar-refractivity contribution in [1.82, 2.24) is 0 Å². The van der Waals surface area contributed by atoms with Crippen LogP contribution in [0.4, 0.5) is 17.1 Å². The number of ether oxygens (including phenoxy) is 1. The van der Waals surface area contributed by atoms with Gasteiger partial charge in [-0.1, -0.05) is 11.6 Å². The van der Waals surface area contributed by atoms with Gasteiger partial charge in [-0.15, -0.1) is 0 Å². The predicted molar refractivity (Wildman–Crippen MR) is 105 cm³/mol. The molecule has 8 heteroatoms. The van der Waals surface area contributed by atoms with Crippen LogP contribution < -0.4 is 15.0 Å². The summed E-state index contributed by atoms with van der Waals surface area (Å²) in [6.07, 6.45) is 3.22. The van der Waals surface area contributed by atoms with Gasteiger partial charge in [0.1, 0.15) is 5.75 Å². The van der Waals surface area contributed by atoms with Crippen LogP contribution in [-0.2, 0) is 0 Å². The SMILES string of the molecule is COc1ccc(NC(=O)c2cc([N+](=O)[O-])ccc2N2CCCCC2)cc1Cl. The number of methoxy groups -OCH3 is 1. The van der Waals surface area contributed by atoms with Crippen molar-refractivity contribution >= 4 is 34.6 Å². The summed E-state index contributed by atoms with van der Waals surface area (Å²) in [5.74, 6) is 0.0829. The second kappa shape index (κ2) is 8.26. The molecule has 1 saturated heterocycles. The van der Waals surface area contributed by atoms with E-state index in [1.165, 1.54) is 19.2 Å². The highest BCUT2D eigenvalue weighted by atomic mass is 35.5. The Morgan fingerprint density at radius 3 is 2.56 bits per heavy atom. The quantitative estimate of drug-likeness (QED) is 0.601. The van der Waals surface area contributed by atoms with E-state index in [2.05, 4.69) is 10.2 Å². The van der Waals surface area contributed by atoms with Crippen LogP contribution in [0.15, 0.2) is 36.4 Å². The molecule has 0 saturated carbocycles.